The molecule has 0 aromatic carbocycles. The Morgan fingerprint density at radius 1 is 1.53 bits per heavy atom. The minimum atomic E-state index is -0.141. The number of carbonyl (C=O) groups is 1. The molecule has 0 radical (unpaired) electrons. The van der Waals surface area contributed by atoms with Gasteiger partial charge in [0.05, 0.1) is 5.92 Å². The van der Waals surface area contributed by atoms with Crippen molar-refractivity contribution in [3.8, 4) is 0 Å². The van der Waals surface area contributed by atoms with E-state index in [9.17, 15) is 4.79 Å². The van der Waals surface area contributed by atoms with Crippen molar-refractivity contribution in [3.05, 3.63) is 23.9 Å². The van der Waals surface area contributed by atoms with E-state index in [-0.39, 0.29) is 11.8 Å². The molecule has 1 atom stereocenters. The number of anilines is 1. The summed E-state index contributed by atoms with van der Waals surface area (Å²) >= 11 is 0. The minimum absolute atomic E-state index is 0.0423. The molecule has 0 spiro atoms. The third-order valence-corrected chi connectivity index (χ3v) is 2.58. The predicted molar refractivity (Wildman–Crippen MR) is 69.6 cm³/mol. The lowest BCUT2D eigenvalue weighted by Crippen LogP contribution is -2.30. The summed E-state index contributed by atoms with van der Waals surface area (Å²) in [5, 5.41) is 2.81. The summed E-state index contributed by atoms with van der Waals surface area (Å²) in [5.74, 6) is 0.869. The van der Waals surface area contributed by atoms with Crippen LogP contribution in [0.2, 0.25) is 0 Å². The van der Waals surface area contributed by atoms with Gasteiger partial charge in [-0.3, -0.25) is 4.79 Å². The Balaban J connectivity index is 2.64. The van der Waals surface area contributed by atoms with E-state index in [1.54, 1.807) is 6.20 Å². The van der Waals surface area contributed by atoms with E-state index < -0.39 is 0 Å². The molecular formula is C13H21N3O. The van der Waals surface area contributed by atoms with Crippen molar-refractivity contribution in [2.45, 2.75) is 27.2 Å². The lowest BCUT2D eigenvalue weighted by molar-refractivity contribution is -0.120. The zero-order valence-corrected chi connectivity index (χ0v) is 10.7. The fourth-order valence-corrected chi connectivity index (χ4v) is 1.71. The van der Waals surface area contributed by atoms with Crippen LogP contribution in [0.25, 0.3) is 0 Å². The fraction of sp³-hybridized carbons (Fsp3) is 0.538. The van der Waals surface area contributed by atoms with Crippen molar-refractivity contribution in [3.63, 3.8) is 0 Å². The Kier molecular flexibility index (Phi) is 5.10. The number of carbonyl (C=O) groups excluding carboxylic acids is 1. The Bertz CT molecular complexity index is 377. The summed E-state index contributed by atoms with van der Waals surface area (Å²) < 4.78 is 0. The van der Waals surface area contributed by atoms with Gasteiger partial charge in [0, 0.05) is 12.7 Å². The largest absolute Gasteiger partial charge is 0.330 e. The van der Waals surface area contributed by atoms with Crippen molar-refractivity contribution in [2.75, 3.05) is 11.9 Å². The van der Waals surface area contributed by atoms with Crippen LogP contribution in [-0.2, 0) is 4.79 Å². The van der Waals surface area contributed by atoms with Crippen LogP contribution in [0.5, 0.6) is 0 Å². The van der Waals surface area contributed by atoms with Crippen LogP contribution in [0.3, 0.4) is 0 Å². The molecule has 0 aliphatic heterocycles. The number of nitrogens with two attached hydrogens (primary N) is 1. The summed E-state index contributed by atoms with van der Waals surface area (Å²) in [4.78, 5) is 16.1. The van der Waals surface area contributed by atoms with Gasteiger partial charge in [0.2, 0.25) is 5.91 Å². The first-order valence-electron chi connectivity index (χ1n) is 5.96. The molecule has 1 heterocycles. The molecule has 0 saturated heterocycles. The summed E-state index contributed by atoms with van der Waals surface area (Å²) in [5.41, 5.74) is 6.70. The van der Waals surface area contributed by atoms with Crippen molar-refractivity contribution in [2.24, 2.45) is 17.6 Å². The van der Waals surface area contributed by atoms with Crippen molar-refractivity contribution in [1.82, 2.24) is 4.98 Å². The summed E-state index contributed by atoms with van der Waals surface area (Å²) in [6, 6.07) is 3.74. The number of aryl methyl sites for hydroxylation is 1. The van der Waals surface area contributed by atoms with Gasteiger partial charge in [-0.15, -0.1) is 0 Å². The first kappa shape index (κ1) is 13.6. The second kappa shape index (κ2) is 6.35. The highest BCUT2D eigenvalue weighted by atomic mass is 16.1. The molecule has 0 bridgehead atoms. The average molecular weight is 235 g/mol. The lowest BCUT2D eigenvalue weighted by Gasteiger charge is -2.16. The molecular weight excluding hydrogens is 214 g/mol. The van der Waals surface area contributed by atoms with Crippen LogP contribution in [0.1, 0.15) is 25.8 Å². The molecule has 0 saturated carbocycles. The van der Waals surface area contributed by atoms with Gasteiger partial charge < -0.3 is 11.1 Å². The molecule has 4 heteroatoms. The SMILES string of the molecule is Cc1ccnc(NC(=O)C(CN)CC(C)C)c1. The minimum Gasteiger partial charge on any atom is -0.330 e. The Labute approximate surface area is 103 Å². The van der Waals surface area contributed by atoms with Crippen LogP contribution in [0.15, 0.2) is 18.3 Å². The van der Waals surface area contributed by atoms with Crippen LogP contribution in [0.4, 0.5) is 5.82 Å². The first-order chi connectivity index (χ1) is 8.02. The van der Waals surface area contributed by atoms with E-state index in [2.05, 4.69) is 24.1 Å². The number of aromatic nitrogens is 1. The van der Waals surface area contributed by atoms with Crippen LogP contribution in [-0.4, -0.2) is 17.4 Å². The van der Waals surface area contributed by atoms with Gasteiger partial charge in [-0.2, -0.15) is 0 Å². The summed E-state index contributed by atoms with van der Waals surface area (Å²) in [6.45, 7) is 6.50. The van der Waals surface area contributed by atoms with Crippen molar-refractivity contribution in [1.29, 1.82) is 0 Å². The van der Waals surface area contributed by atoms with Gasteiger partial charge in [-0.05, 0) is 37.0 Å². The molecule has 4 nitrogen and oxygen atoms in total. The Hall–Kier alpha value is -1.42. The first-order valence-corrected chi connectivity index (χ1v) is 5.96. The van der Waals surface area contributed by atoms with Crippen LogP contribution >= 0.6 is 0 Å². The molecule has 0 fully saturated rings. The molecule has 0 aliphatic rings. The zero-order chi connectivity index (χ0) is 12.8. The molecule has 0 aliphatic carbocycles. The van der Waals surface area contributed by atoms with Gasteiger partial charge in [-0.1, -0.05) is 13.8 Å². The third kappa shape index (κ3) is 4.53. The van der Waals surface area contributed by atoms with E-state index in [4.69, 9.17) is 5.73 Å². The number of amides is 1. The van der Waals surface area contributed by atoms with Gasteiger partial charge in [-0.25, -0.2) is 4.98 Å². The van der Waals surface area contributed by atoms with E-state index in [1.165, 1.54) is 0 Å². The van der Waals surface area contributed by atoms with Crippen LogP contribution < -0.4 is 11.1 Å². The molecule has 1 amide bonds. The topological polar surface area (TPSA) is 68.0 Å². The van der Waals surface area contributed by atoms with E-state index >= 15 is 0 Å². The quantitative estimate of drug-likeness (QED) is 0.819. The number of rotatable bonds is 5. The summed E-state index contributed by atoms with van der Waals surface area (Å²) in [6.07, 6.45) is 2.49. The maximum Gasteiger partial charge on any atom is 0.229 e. The van der Waals surface area contributed by atoms with E-state index in [1.807, 2.05) is 19.1 Å². The molecule has 3 N–H and O–H groups in total. The lowest BCUT2D eigenvalue weighted by atomic mass is 9.96. The number of hydrogen-bond donors (Lipinski definition) is 2. The third-order valence-electron chi connectivity index (χ3n) is 2.58. The molecule has 1 aromatic rings. The second-order valence-corrected chi connectivity index (χ2v) is 4.77. The van der Waals surface area contributed by atoms with Gasteiger partial charge in [0.15, 0.2) is 0 Å². The number of nitrogens with zero attached hydrogens (tertiary/aromatic N) is 1. The summed E-state index contributed by atoms with van der Waals surface area (Å²) in [7, 11) is 0. The highest BCUT2D eigenvalue weighted by Gasteiger charge is 2.18. The number of nitrogens with one attached hydrogen (secondary N) is 1. The van der Waals surface area contributed by atoms with Gasteiger partial charge >= 0.3 is 0 Å². The zero-order valence-electron chi connectivity index (χ0n) is 10.7. The van der Waals surface area contributed by atoms with Gasteiger partial charge in [0.25, 0.3) is 0 Å². The number of pyridine rings is 1. The Morgan fingerprint density at radius 3 is 2.76 bits per heavy atom. The molecule has 94 valence electrons. The maximum atomic E-state index is 12.0. The fourth-order valence-electron chi connectivity index (χ4n) is 1.71. The second-order valence-electron chi connectivity index (χ2n) is 4.77. The number of hydrogen-bond acceptors (Lipinski definition) is 3. The predicted octanol–water partition coefficient (Wildman–Crippen LogP) is 1.95. The maximum absolute atomic E-state index is 12.0. The highest BCUT2D eigenvalue weighted by molar-refractivity contribution is 5.91. The smallest absolute Gasteiger partial charge is 0.229 e. The molecule has 17 heavy (non-hydrogen) atoms. The standard InChI is InChI=1S/C13H21N3O/c1-9(2)6-11(8-14)13(17)16-12-7-10(3)4-5-15-12/h4-5,7,9,11H,6,8,14H2,1-3H3,(H,15,16,17). The highest BCUT2D eigenvalue weighted by Crippen LogP contribution is 2.13. The molecule has 1 unspecified atom stereocenters. The van der Waals surface area contributed by atoms with Crippen molar-refractivity contribution >= 4 is 11.7 Å². The van der Waals surface area contributed by atoms with E-state index in [0.29, 0.717) is 18.3 Å². The van der Waals surface area contributed by atoms with Gasteiger partial charge in [0.1, 0.15) is 5.82 Å². The normalized spacial score (nSPS) is 12.5. The molecule has 1 rings (SSSR count). The van der Waals surface area contributed by atoms with Crippen LogP contribution in [0, 0.1) is 18.8 Å². The Morgan fingerprint density at radius 2 is 2.24 bits per heavy atom. The molecule has 1 aromatic heterocycles. The average Bonchev–Trinajstić information content (AvgIpc) is 2.25. The monoisotopic (exact) mass is 235 g/mol. The van der Waals surface area contributed by atoms with E-state index in [0.717, 1.165) is 12.0 Å². The van der Waals surface area contributed by atoms with Crippen molar-refractivity contribution < 1.29 is 4.79 Å².